The summed E-state index contributed by atoms with van der Waals surface area (Å²) in [6.07, 6.45) is 0. The first-order valence-electron chi connectivity index (χ1n) is 5.64. The van der Waals surface area contributed by atoms with Crippen LogP contribution in [-0.2, 0) is 0 Å². The van der Waals surface area contributed by atoms with Crippen LogP contribution < -0.4 is 0 Å². The van der Waals surface area contributed by atoms with Crippen molar-refractivity contribution in [2.45, 2.75) is 0 Å². The Hall–Kier alpha value is 0.960. The van der Waals surface area contributed by atoms with Gasteiger partial charge in [-0.25, -0.2) is 8.78 Å². The normalized spacial score (nSPS) is 11.3. The zero-order chi connectivity index (χ0) is 17.8. The number of rotatable bonds is 0. The predicted molar refractivity (Wildman–Crippen MR) is 110 cm³/mol. The monoisotopic (exact) mass is 664 g/mol. The van der Waals surface area contributed by atoms with Gasteiger partial charge >= 0.3 is 0 Å². The van der Waals surface area contributed by atoms with E-state index in [9.17, 15) is 17.6 Å². The first-order valence-corrected chi connectivity index (χ1v) is 12.1. The van der Waals surface area contributed by atoms with Gasteiger partial charge in [0, 0.05) is 0 Å². The Bertz CT molecular complexity index is 976. The van der Waals surface area contributed by atoms with Crippen LogP contribution in [0.4, 0.5) is 17.6 Å². The minimum atomic E-state index is -0.760. The summed E-state index contributed by atoms with van der Waals surface area (Å²) >= 11 is 17.1. The van der Waals surface area contributed by atoms with Crippen LogP contribution in [0.1, 0.15) is 0 Å². The smallest absolute Gasteiger partial charge is 0.202 e. The summed E-state index contributed by atoms with van der Waals surface area (Å²) in [5.74, 6) is -1.52. The van der Waals surface area contributed by atoms with E-state index in [2.05, 4.69) is 63.7 Å². The molecular weight excluding hydrogens is 668 g/mol. The second-order valence-electron chi connectivity index (χ2n) is 4.09. The molecule has 0 nitrogen and oxygen atoms in total. The standard InChI is InChI=1S/2C6Br2F2S2/c2*7-4-1-2(9)6(10)11-3(1)5(8)12-4. The van der Waals surface area contributed by atoms with Gasteiger partial charge < -0.3 is 0 Å². The van der Waals surface area contributed by atoms with Crippen LogP contribution in [0.25, 0.3) is 20.2 Å². The molecule has 0 aliphatic rings. The van der Waals surface area contributed by atoms with E-state index in [1.54, 1.807) is 0 Å². The summed E-state index contributed by atoms with van der Waals surface area (Å²) in [4.78, 5) is 0. The maximum absolute atomic E-state index is 13.0. The molecule has 0 N–H and O–H groups in total. The number of hydrogen-bond donors (Lipinski definition) is 0. The quantitative estimate of drug-likeness (QED) is 0.164. The Balaban J connectivity index is 0.000000141. The Morgan fingerprint density at radius 2 is 0.833 bits per heavy atom. The molecule has 128 valence electrons. The number of fused-ring (bicyclic) bond motifs is 2. The van der Waals surface area contributed by atoms with Crippen LogP contribution in [0, 0.1) is 21.9 Å². The van der Waals surface area contributed by atoms with E-state index in [-0.39, 0.29) is 0 Å². The van der Waals surface area contributed by atoms with Gasteiger partial charge in [-0.05, 0) is 63.7 Å². The fourth-order valence-electron chi connectivity index (χ4n) is 1.75. The largest absolute Gasteiger partial charge is 0.213 e. The van der Waals surface area contributed by atoms with Crippen LogP contribution in [0.3, 0.4) is 0 Å². The average Bonchev–Trinajstić information content (AvgIpc) is 3.15. The summed E-state index contributed by atoms with van der Waals surface area (Å²) in [7, 11) is 0. The molecule has 0 fully saturated rings. The molecule has 24 heavy (non-hydrogen) atoms. The Morgan fingerprint density at radius 3 is 1.12 bits per heavy atom. The Kier molecular flexibility index (Phi) is 6.18. The zero-order valence-electron chi connectivity index (χ0n) is 10.7. The summed E-state index contributed by atoms with van der Waals surface area (Å²) in [6.45, 7) is 0. The lowest BCUT2D eigenvalue weighted by Gasteiger charge is -1.80. The SMILES string of the molecule is Fc1sc2c(Br)sc(Br)c2c1F.Fc1sc2c(Br)sc(Br)c2c1F. The third kappa shape index (κ3) is 3.41. The van der Waals surface area contributed by atoms with Crippen molar-refractivity contribution in [3.63, 3.8) is 0 Å². The summed E-state index contributed by atoms with van der Waals surface area (Å²) in [5, 5.41) is -0.827. The van der Waals surface area contributed by atoms with Crippen molar-refractivity contribution in [1.82, 2.24) is 0 Å². The highest BCUT2D eigenvalue weighted by atomic mass is 79.9. The van der Waals surface area contributed by atoms with Gasteiger partial charge in [-0.3, -0.25) is 0 Å². The van der Waals surface area contributed by atoms with Gasteiger partial charge in [-0.15, -0.1) is 45.3 Å². The van der Waals surface area contributed by atoms with Gasteiger partial charge in [0.1, 0.15) is 0 Å². The van der Waals surface area contributed by atoms with E-state index in [4.69, 9.17) is 0 Å². The molecule has 0 aromatic carbocycles. The fraction of sp³-hybridized carbons (Fsp3) is 0. The van der Waals surface area contributed by atoms with Gasteiger partial charge in [0.2, 0.25) is 10.3 Å². The van der Waals surface area contributed by atoms with Crippen molar-refractivity contribution in [3.8, 4) is 0 Å². The van der Waals surface area contributed by atoms with Crippen molar-refractivity contribution >= 4 is 129 Å². The molecule has 4 aromatic heterocycles. The zero-order valence-corrected chi connectivity index (χ0v) is 20.3. The van der Waals surface area contributed by atoms with E-state index >= 15 is 0 Å². The van der Waals surface area contributed by atoms with Gasteiger partial charge in [0.15, 0.2) is 11.6 Å². The highest BCUT2D eigenvalue weighted by Gasteiger charge is 2.20. The van der Waals surface area contributed by atoms with Crippen molar-refractivity contribution < 1.29 is 17.6 Å². The van der Waals surface area contributed by atoms with Gasteiger partial charge in [-0.2, -0.15) is 8.78 Å². The first-order chi connectivity index (χ1) is 11.2. The molecule has 0 aliphatic heterocycles. The second-order valence-corrected chi connectivity index (χ2v) is 13.3. The van der Waals surface area contributed by atoms with E-state index < -0.39 is 21.9 Å². The van der Waals surface area contributed by atoms with Crippen molar-refractivity contribution in [2.75, 3.05) is 0 Å². The van der Waals surface area contributed by atoms with Crippen molar-refractivity contribution in [1.29, 1.82) is 0 Å². The van der Waals surface area contributed by atoms with E-state index in [0.717, 1.165) is 30.2 Å². The molecule has 0 aliphatic carbocycles. The fourth-order valence-corrected chi connectivity index (χ4v) is 10.3. The lowest BCUT2D eigenvalue weighted by molar-refractivity contribution is 0.538. The predicted octanol–water partition coefficient (Wildman–Crippen LogP) is 9.53. The van der Waals surface area contributed by atoms with E-state index in [1.165, 1.54) is 22.7 Å². The molecule has 0 spiro atoms. The third-order valence-electron chi connectivity index (χ3n) is 2.73. The first kappa shape index (κ1) is 19.7. The summed E-state index contributed by atoms with van der Waals surface area (Å²) in [5.41, 5.74) is 0. The lowest BCUT2D eigenvalue weighted by Crippen LogP contribution is -1.69. The van der Waals surface area contributed by atoms with Crippen LogP contribution in [0.5, 0.6) is 0 Å². The number of thiophene rings is 4. The molecule has 0 bridgehead atoms. The van der Waals surface area contributed by atoms with Crippen LogP contribution in [0.15, 0.2) is 15.1 Å². The molecular formula is C12Br4F4S4. The molecule has 0 amide bonds. The molecule has 0 atom stereocenters. The maximum atomic E-state index is 13.0. The van der Waals surface area contributed by atoms with Gasteiger partial charge in [0.25, 0.3) is 0 Å². The Morgan fingerprint density at radius 1 is 0.500 bits per heavy atom. The minimum Gasteiger partial charge on any atom is -0.202 e. The molecule has 4 heterocycles. The number of hydrogen-bond acceptors (Lipinski definition) is 4. The summed E-state index contributed by atoms with van der Waals surface area (Å²) < 4.78 is 55.5. The second kappa shape index (κ2) is 7.53. The van der Waals surface area contributed by atoms with Crippen LogP contribution in [-0.4, -0.2) is 0 Å². The topological polar surface area (TPSA) is 0 Å². The molecule has 4 aromatic rings. The number of halogens is 8. The Labute approximate surface area is 182 Å². The van der Waals surface area contributed by atoms with Crippen molar-refractivity contribution in [3.05, 3.63) is 37.0 Å². The highest BCUT2D eigenvalue weighted by Crippen LogP contribution is 2.45. The molecule has 12 heteroatoms. The van der Waals surface area contributed by atoms with Crippen molar-refractivity contribution in [2.24, 2.45) is 0 Å². The van der Waals surface area contributed by atoms with E-state index in [0.29, 0.717) is 27.7 Å². The summed E-state index contributed by atoms with van der Waals surface area (Å²) in [6, 6.07) is 0. The maximum Gasteiger partial charge on any atom is 0.213 e. The van der Waals surface area contributed by atoms with E-state index in [1.807, 2.05) is 0 Å². The van der Waals surface area contributed by atoms with Gasteiger partial charge in [0.05, 0.1) is 35.3 Å². The van der Waals surface area contributed by atoms with Gasteiger partial charge in [-0.1, -0.05) is 0 Å². The molecule has 0 unspecified atom stereocenters. The van der Waals surface area contributed by atoms with Crippen LogP contribution in [0.2, 0.25) is 0 Å². The highest BCUT2D eigenvalue weighted by molar-refractivity contribution is 9.12. The molecule has 4 rings (SSSR count). The van der Waals surface area contributed by atoms with Crippen LogP contribution >= 0.6 is 109 Å². The lowest BCUT2D eigenvalue weighted by atomic mass is 10.4. The third-order valence-corrected chi connectivity index (χ3v) is 10.5. The molecule has 0 saturated heterocycles. The minimum absolute atomic E-state index is 0.342. The molecule has 0 radical (unpaired) electrons. The average molecular weight is 668 g/mol. The molecule has 0 saturated carbocycles.